The maximum absolute atomic E-state index is 14.5. The van der Waals surface area contributed by atoms with Crippen molar-refractivity contribution in [1.29, 1.82) is 0 Å². The molecule has 0 saturated carbocycles. The van der Waals surface area contributed by atoms with Gasteiger partial charge in [0.25, 0.3) is 0 Å². The fourth-order valence-corrected chi connectivity index (χ4v) is 2.43. The van der Waals surface area contributed by atoms with Gasteiger partial charge in [-0.25, -0.2) is 4.39 Å². The minimum atomic E-state index is -0.595. The average Bonchev–Trinajstić information content (AvgIpc) is 2.72. The molecule has 0 spiro atoms. The van der Waals surface area contributed by atoms with Gasteiger partial charge in [0, 0.05) is 19.3 Å². The van der Waals surface area contributed by atoms with Crippen LogP contribution in [-0.4, -0.2) is 43.2 Å². The number of nitrogens with zero attached hydrogens (tertiary/aromatic N) is 2. The van der Waals surface area contributed by atoms with Crippen LogP contribution in [0.25, 0.3) is 0 Å². The van der Waals surface area contributed by atoms with E-state index in [0.717, 1.165) is 0 Å². The second kappa shape index (κ2) is 5.90. The number of benzene rings is 1. The molecule has 0 bridgehead atoms. The van der Waals surface area contributed by atoms with Crippen LogP contribution < -0.4 is 10.2 Å². The molecule has 2 aliphatic rings. The molecule has 1 aromatic rings. The summed E-state index contributed by atoms with van der Waals surface area (Å²) in [5, 5.41) is 0. The third-order valence-corrected chi connectivity index (χ3v) is 4.69. The molecular weight excluding hydrogens is 310 g/mol. The summed E-state index contributed by atoms with van der Waals surface area (Å²) >= 11 is 0. The van der Waals surface area contributed by atoms with Crippen molar-refractivity contribution in [3.8, 4) is 5.75 Å². The van der Waals surface area contributed by atoms with Gasteiger partial charge in [0.15, 0.2) is 17.4 Å². The van der Waals surface area contributed by atoms with Crippen molar-refractivity contribution < 1.29 is 18.4 Å². The van der Waals surface area contributed by atoms with Crippen molar-refractivity contribution in [3.63, 3.8) is 0 Å². The molecule has 7 heteroatoms. The Hall–Kier alpha value is -1.86. The van der Waals surface area contributed by atoms with E-state index in [4.69, 9.17) is 14.0 Å². The maximum atomic E-state index is 14.5. The summed E-state index contributed by atoms with van der Waals surface area (Å²) in [6, 6.07) is 4.75. The van der Waals surface area contributed by atoms with E-state index in [-0.39, 0.29) is 5.75 Å². The summed E-state index contributed by atoms with van der Waals surface area (Å²) in [7, 11) is 1.24. The lowest BCUT2D eigenvalue weighted by Gasteiger charge is -2.32. The van der Waals surface area contributed by atoms with Gasteiger partial charge in [-0.05, 0) is 45.3 Å². The first-order valence-corrected chi connectivity index (χ1v) is 7.94. The molecule has 0 N–H and O–H groups in total. The van der Waals surface area contributed by atoms with Gasteiger partial charge >= 0.3 is 7.12 Å². The highest BCUT2D eigenvalue weighted by Gasteiger charge is 2.51. The lowest BCUT2D eigenvalue weighted by molar-refractivity contribution is 0.00578. The van der Waals surface area contributed by atoms with E-state index in [1.807, 2.05) is 34.7 Å². The van der Waals surface area contributed by atoms with Crippen LogP contribution in [-0.2, 0) is 9.31 Å². The zero-order chi connectivity index (χ0) is 17.5. The van der Waals surface area contributed by atoms with E-state index in [9.17, 15) is 4.39 Å². The predicted molar refractivity (Wildman–Crippen MR) is 91.9 cm³/mol. The monoisotopic (exact) mass is 332 g/mol. The second-order valence-corrected chi connectivity index (χ2v) is 7.06. The maximum Gasteiger partial charge on any atom is 0.494 e. The summed E-state index contributed by atoms with van der Waals surface area (Å²) in [5.74, 6) is 0.245. The highest BCUT2D eigenvalue weighted by Crippen LogP contribution is 2.36. The first-order valence-electron chi connectivity index (χ1n) is 7.94. The molecule has 1 fully saturated rings. The van der Waals surface area contributed by atoms with Crippen molar-refractivity contribution in [2.24, 2.45) is 4.99 Å². The summed E-state index contributed by atoms with van der Waals surface area (Å²) in [6.07, 6.45) is 3.34. The Bertz CT molecular complexity index is 687. The van der Waals surface area contributed by atoms with Crippen LogP contribution in [0.3, 0.4) is 0 Å². The molecule has 1 aromatic carbocycles. The number of halogens is 1. The Kier molecular flexibility index (Phi) is 4.17. The van der Waals surface area contributed by atoms with Crippen molar-refractivity contribution in [2.45, 2.75) is 38.9 Å². The van der Waals surface area contributed by atoms with Gasteiger partial charge in [0.2, 0.25) is 0 Å². The van der Waals surface area contributed by atoms with Gasteiger partial charge in [-0.2, -0.15) is 0 Å². The Balaban J connectivity index is 1.79. The van der Waals surface area contributed by atoms with Crippen molar-refractivity contribution >= 4 is 18.8 Å². The normalized spacial score (nSPS) is 21.8. The van der Waals surface area contributed by atoms with Crippen molar-refractivity contribution in [1.82, 2.24) is 4.90 Å². The summed E-state index contributed by atoms with van der Waals surface area (Å²) in [6.45, 7) is 8.35. The zero-order valence-electron chi connectivity index (χ0n) is 14.7. The average molecular weight is 332 g/mol. The van der Waals surface area contributed by atoms with Crippen LogP contribution in [0, 0.1) is 5.82 Å². The summed E-state index contributed by atoms with van der Waals surface area (Å²) in [4.78, 5) is 5.88. The topological polar surface area (TPSA) is 43.3 Å². The molecule has 24 heavy (non-hydrogen) atoms. The Morgan fingerprint density at radius 2 is 1.88 bits per heavy atom. The van der Waals surface area contributed by atoms with E-state index in [2.05, 4.69) is 4.99 Å². The summed E-state index contributed by atoms with van der Waals surface area (Å²) < 4.78 is 32.0. The van der Waals surface area contributed by atoms with Crippen LogP contribution in [0.15, 0.2) is 35.2 Å². The van der Waals surface area contributed by atoms with Crippen molar-refractivity contribution in [2.75, 3.05) is 13.7 Å². The van der Waals surface area contributed by atoms with Gasteiger partial charge in [0.1, 0.15) is 6.67 Å². The predicted octanol–water partition coefficient (Wildman–Crippen LogP) is 2.32. The molecule has 0 unspecified atom stereocenters. The van der Waals surface area contributed by atoms with E-state index < -0.39 is 24.1 Å². The Morgan fingerprint density at radius 1 is 1.21 bits per heavy atom. The molecule has 128 valence electrons. The zero-order valence-corrected chi connectivity index (χ0v) is 14.7. The first-order chi connectivity index (χ1) is 11.2. The minimum absolute atomic E-state index is 0.156. The number of aliphatic imine (C=N–C) groups is 1. The quantitative estimate of drug-likeness (QED) is 0.797. The Morgan fingerprint density at radius 3 is 2.46 bits per heavy atom. The number of hydrogen-bond acceptors (Lipinski definition) is 5. The van der Waals surface area contributed by atoms with Crippen LogP contribution in [0.1, 0.15) is 27.7 Å². The van der Waals surface area contributed by atoms with Crippen LogP contribution >= 0.6 is 0 Å². The standard InChI is InChI=1S/C17H22BFN2O3/c1-16(2)17(3,4)24-18(23-16)12-6-7-14(13(19)10-12)22-15-8-9-20-11-21(15)5/h6-10H,11H2,1-5H3. The number of rotatable bonds is 3. The van der Waals surface area contributed by atoms with Gasteiger partial charge in [0.05, 0.1) is 11.2 Å². The third kappa shape index (κ3) is 3.06. The molecule has 0 aliphatic carbocycles. The highest BCUT2D eigenvalue weighted by molar-refractivity contribution is 6.62. The first kappa shape index (κ1) is 17.0. The van der Waals surface area contributed by atoms with Crippen LogP contribution in [0.5, 0.6) is 5.75 Å². The van der Waals surface area contributed by atoms with Crippen molar-refractivity contribution in [3.05, 3.63) is 36.0 Å². The van der Waals surface area contributed by atoms with Crippen LogP contribution in [0.2, 0.25) is 0 Å². The summed E-state index contributed by atoms with van der Waals surface area (Å²) in [5.41, 5.74) is -0.290. The van der Waals surface area contributed by atoms with Gasteiger partial charge < -0.3 is 18.9 Å². The van der Waals surface area contributed by atoms with E-state index in [1.165, 1.54) is 6.07 Å². The minimum Gasteiger partial charge on any atom is -0.438 e. The lowest BCUT2D eigenvalue weighted by atomic mass is 9.79. The molecule has 0 atom stereocenters. The highest BCUT2D eigenvalue weighted by atomic mass is 19.1. The molecule has 3 rings (SSSR count). The van der Waals surface area contributed by atoms with E-state index >= 15 is 0 Å². The van der Waals surface area contributed by atoms with Crippen LogP contribution in [0.4, 0.5) is 4.39 Å². The molecule has 2 aliphatic heterocycles. The molecular formula is C17H22BFN2O3. The number of hydrogen-bond donors (Lipinski definition) is 0. The molecule has 0 amide bonds. The Labute approximate surface area is 142 Å². The lowest BCUT2D eigenvalue weighted by Crippen LogP contribution is -2.41. The smallest absolute Gasteiger partial charge is 0.438 e. The van der Waals surface area contributed by atoms with E-state index in [0.29, 0.717) is 18.0 Å². The number of ether oxygens (including phenoxy) is 1. The van der Waals surface area contributed by atoms with E-state index in [1.54, 1.807) is 29.3 Å². The van der Waals surface area contributed by atoms with Gasteiger partial charge in [-0.3, -0.25) is 4.99 Å². The number of allylic oxidation sites excluding steroid dienone is 1. The largest absolute Gasteiger partial charge is 0.494 e. The fraction of sp³-hybridized carbons (Fsp3) is 0.471. The van der Waals surface area contributed by atoms with Gasteiger partial charge in [-0.15, -0.1) is 0 Å². The second-order valence-electron chi connectivity index (χ2n) is 7.06. The molecule has 1 saturated heterocycles. The fourth-order valence-electron chi connectivity index (χ4n) is 2.43. The molecule has 5 nitrogen and oxygen atoms in total. The SMILES string of the molecule is CN1CN=CC=C1Oc1ccc(B2OC(C)(C)C(C)(C)O2)cc1F. The molecule has 0 aromatic heterocycles. The molecule has 2 heterocycles. The van der Waals surface area contributed by atoms with Gasteiger partial charge in [-0.1, -0.05) is 6.07 Å². The third-order valence-electron chi connectivity index (χ3n) is 4.69. The molecule has 0 radical (unpaired) electrons.